The first-order chi connectivity index (χ1) is 10.8. The smallest absolute Gasteiger partial charge is 0.302 e. The standard InChI is InChI=1S/C20H38O2/c1-3-4-5-6-7-8-9-10-11-12-13-14-15-16-17-18-19-22-20(2)21/h5-6H,3-4,7-19H2,1-2H3/b6-5+. The van der Waals surface area contributed by atoms with Crippen molar-refractivity contribution in [2.24, 2.45) is 0 Å². The number of carbonyl (C=O) groups excluding carboxylic acids is 1. The van der Waals surface area contributed by atoms with Crippen LogP contribution in [-0.2, 0) is 9.53 Å². The quantitative estimate of drug-likeness (QED) is 0.183. The highest BCUT2D eigenvalue weighted by Gasteiger charge is 1.95. The zero-order valence-electron chi connectivity index (χ0n) is 15.1. The van der Waals surface area contributed by atoms with Crippen molar-refractivity contribution in [1.82, 2.24) is 0 Å². The fraction of sp³-hybridized carbons (Fsp3) is 0.850. The van der Waals surface area contributed by atoms with Crippen LogP contribution in [0.25, 0.3) is 0 Å². The molecule has 0 amide bonds. The minimum Gasteiger partial charge on any atom is -0.466 e. The van der Waals surface area contributed by atoms with E-state index in [4.69, 9.17) is 4.74 Å². The third-order valence-corrected chi connectivity index (χ3v) is 3.94. The summed E-state index contributed by atoms with van der Waals surface area (Å²) in [7, 11) is 0. The van der Waals surface area contributed by atoms with Gasteiger partial charge in [-0.15, -0.1) is 0 Å². The fourth-order valence-electron chi connectivity index (χ4n) is 2.57. The lowest BCUT2D eigenvalue weighted by Gasteiger charge is -2.03. The van der Waals surface area contributed by atoms with E-state index in [1.807, 2.05) is 0 Å². The summed E-state index contributed by atoms with van der Waals surface area (Å²) in [4.78, 5) is 10.6. The molecule has 0 fully saturated rings. The number of unbranched alkanes of at least 4 members (excludes halogenated alkanes) is 12. The number of esters is 1. The van der Waals surface area contributed by atoms with Crippen LogP contribution in [0.3, 0.4) is 0 Å². The molecular weight excluding hydrogens is 272 g/mol. The molecular formula is C20H38O2. The fourth-order valence-corrected chi connectivity index (χ4v) is 2.57. The number of hydrogen-bond acceptors (Lipinski definition) is 2. The molecule has 0 saturated carbocycles. The zero-order chi connectivity index (χ0) is 16.3. The van der Waals surface area contributed by atoms with Crippen molar-refractivity contribution in [1.29, 1.82) is 0 Å². The van der Waals surface area contributed by atoms with Crippen LogP contribution in [0.1, 0.15) is 104 Å². The summed E-state index contributed by atoms with van der Waals surface area (Å²) in [6.07, 6.45) is 23.0. The third-order valence-electron chi connectivity index (χ3n) is 3.94. The molecule has 22 heavy (non-hydrogen) atoms. The molecule has 0 N–H and O–H groups in total. The maximum Gasteiger partial charge on any atom is 0.302 e. The Kier molecular flexibility index (Phi) is 17.6. The molecule has 0 aromatic heterocycles. The first kappa shape index (κ1) is 21.2. The molecule has 0 radical (unpaired) electrons. The summed E-state index contributed by atoms with van der Waals surface area (Å²) in [5, 5.41) is 0. The maximum atomic E-state index is 10.6. The molecule has 2 heteroatoms. The first-order valence-corrected chi connectivity index (χ1v) is 9.55. The van der Waals surface area contributed by atoms with Crippen LogP contribution in [0.4, 0.5) is 0 Å². The van der Waals surface area contributed by atoms with E-state index in [2.05, 4.69) is 19.1 Å². The molecule has 0 saturated heterocycles. The SMILES string of the molecule is CCC/C=C/CCCCCCCCCCCCCOC(C)=O. The molecule has 0 aromatic carbocycles. The Morgan fingerprint density at radius 1 is 0.727 bits per heavy atom. The van der Waals surface area contributed by atoms with Crippen LogP contribution in [0, 0.1) is 0 Å². The van der Waals surface area contributed by atoms with Crippen molar-refractivity contribution in [3.05, 3.63) is 12.2 Å². The first-order valence-electron chi connectivity index (χ1n) is 9.55. The van der Waals surface area contributed by atoms with Gasteiger partial charge in [-0.1, -0.05) is 83.3 Å². The van der Waals surface area contributed by atoms with Gasteiger partial charge in [0.2, 0.25) is 0 Å². The summed E-state index contributed by atoms with van der Waals surface area (Å²) in [5.41, 5.74) is 0. The van der Waals surface area contributed by atoms with Crippen molar-refractivity contribution >= 4 is 5.97 Å². The van der Waals surface area contributed by atoms with Crippen molar-refractivity contribution in [3.63, 3.8) is 0 Å². The van der Waals surface area contributed by atoms with Gasteiger partial charge in [-0.2, -0.15) is 0 Å². The van der Waals surface area contributed by atoms with Crippen LogP contribution >= 0.6 is 0 Å². The van der Waals surface area contributed by atoms with E-state index < -0.39 is 0 Å². The summed E-state index contributed by atoms with van der Waals surface area (Å²) < 4.78 is 4.92. The molecule has 0 atom stereocenters. The highest BCUT2D eigenvalue weighted by atomic mass is 16.5. The predicted molar refractivity (Wildman–Crippen MR) is 96.1 cm³/mol. The summed E-state index contributed by atoms with van der Waals surface area (Å²) in [6, 6.07) is 0. The van der Waals surface area contributed by atoms with Crippen LogP contribution in [0.2, 0.25) is 0 Å². The van der Waals surface area contributed by atoms with Gasteiger partial charge in [0.05, 0.1) is 6.61 Å². The van der Waals surface area contributed by atoms with E-state index in [9.17, 15) is 4.79 Å². The lowest BCUT2D eigenvalue weighted by Crippen LogP contribution is -2.00. The molecule has 0 heterocycles. The van der Waals surface area contributed by atoms with Gasteiger partial charge in [0, 0.05) is 6.92 Å². The Balaban J connectivity index is 3.01. The van der Waals surface area contributed by atoms with Gasteiger partial charge in [-0.05, 0) is 25.7 Å². The lowest BCUT2D eigenvalue weighted by atomic mass is 10.1. The minimum atomic E-state index is -0.156. The van der Waals surface area contributed by atoms with Crippen molar-refractivity contribution in [2.75, 3.05) is 6.61 Å². The molecule has 0 spiro atoms. The van der Waals surface area contributed by atoms with Crippen LogP contribution < -0.4 is 0 Å². The highest BCUT2D eigenvalue weighted by molar-refractivity contribution is 5.65. The molecule has 0 aromatic rings. The molecule has 0 aliphatic heterocycles. The minimum absolute atomic E-state index is 0.156. The average molecular weight is 311 g/mol. The van der Waals surface area contributed by atoms with Gasteiger partial charge in [0.15, 0.2) is 0 Å². The zero-order valence-corrected chi connectivity index (χ0v) is 15.1. The summed E-state index contributed by atoms with van der Waals surface area (Å²) in [6.45, 7) is 4.31. The topological polar surface area (TPSA) is 26.3 Å². The second-order valence-corrected chi connectivity index (χ2v) is 6.28. The maximum absolute atomic E-state index is 10.6. The molecule has 130 valence electrons. The van der Waals surface area contributed by atoms with Gasteiger partial charge in [-0.3, -0.25) is 4.79 Å². The van der Waals surface area contributed by atoms with Gasteiger partial charge < -0.3 is 4.74 Å². The summed E-state index contributed by atoms with van der Waals surface area (Å²) >= 11 is 0. The Morgan fingerprint density at radius 2 is 1.18 bits per heavy atom. The Labute approximate surface area is 138 Å². The predicted octanol–water partition coefficient (Wildman–Crippen LogP) is 6.59. The molecule has 2 nitrogen and oxygen atoms in total. The van der Waals surface area contributed by atoms with Crippen LogP contribution in [0.15, 0.2) is 12.2 Å². The Bertz CT molecular complexity index is 258. The Morgan fingerprint density at radius 3 is 1.68 bits per heavy atom. The molecule has 0 aliphatic carbocycles. The second-order valence-electron chi connectivity index (χ2n) is 6.28. The molecule has 0 rings (SSSR count). The van der Waals surface area contributed by atoms with Crippen molar-refractivity contribution in [3.8, 4) is 0 Å². The number of allylic oxidation sites excluding steroid dienone is 2. The third kappa shape index (κ3) is 19.2. The number of carbonyl (C=O) groups is 1. The molecule has 0 aliphatic rings. The number of hydrogen-bond donors (Lipinski definition) is 0. The van der Waals surface area contributed by atoms with Crippen molar-refractivity contribution in [2.45, 2.75) is 104 Å². The van der Waals surface area contributed by atoms with E-state index in [0.717, 1.165) is 6.42 Å². The van der Waals surface area contributed by atoms with Crippen LogP contribution in [-0.4, -0.2) is 12.6 Å². The summed E-state index contributed by atoms with van der Waals surface area (Å²) in [5.74, 6) is -0.156. The average Bonchev–Trinajstić information content (AvgIpc) is 2.50. The van der Waals surface area contributed by atoms with E-state index in [1.165, 1.54) is 90.4 Å². The van der Waals surface area contributed by atoms with E-state index >= 15 is 0 Å². The van der Waals surface area contributed by atoms with Gasteiger partial charge in [0.1, 0.15) is 0 Å². The van der Waals surface area contributed by atoms with Gasteiger partial charge in [-0.25, -0.2) is 0 Å². The van der Waals surface area contributed by atoms with Crippen molar-refractivity contribution < 1.29 is 9.53 Å². The normalized spacial score (nSPS) is 11.2. The Hall–Kier alpha value is -0.790. The van der Waals surface area contributed by atoms with E-state index in [-0.39, 0.29) is 5.97 Å². The lowest BCUT2D eigenvalue weighted by molar-refractivity contribution is -0.141. The van der Waals surface area contributed by atoms with Crippen LogP contribution in [0.5, 0.6) is 0 Å². The number of rotatable bonds is 16. The van der Waals surface area contributed by atoms with Gasteiger partial charge in [0.25, 0.3) is 0 Å². The molecule has 0 unspecified atom stereocenters. The van der Waals surface area contributed by atoms with E-state index in [0.29, 0.717) is 6.61 Å². The highest BCUT2D eigenvalue weighted by Crippen LogP contribution is 2.12. The second kappa shape index (κ2) is 18.3. The van der Waals surface area contributed by atoms with Gasteiger partial charge >= 0.3 is 5.97 Å². The monoisotopic (exact) mass is 310 g/mol. The van der Waals surface area contributed by atoms with E-state index in [1.54, 1.807) is 0 Å². The molecule has 0 bridgehead atoms. The largest absolute Gasteiger partial charge is 0.466 e. The number of ether oxygens (including phenoxy) is 1.